The number of ether oxygens (including phenoxy) is 1. The van der Waals surface area contributed by atoms with E-state index in [1.165, 1.54) is 19.2 Å². The van der Waals surface area contributed by atoms with Gasteiger partial charge in [0.1, 0.15) is 5.82 Å². The zero-order valence-electron chi connectivity index (χ0n) is 12.4. The minimum atomic E-state index is -0.488. The van der Waals surface area contributed by atoms with Gasteiger partial charge < -0.3 is 9.64 Å². The van der Waals surface area contributed by atoms with E-state index in [-0.39, 0.29) is 40.8 Å². The van der Waals surface area contributed by atoms with Crippen molar-refractivity contribution >= 4 is 27.8 Å². The molecule has 0 atom stereocenters. The highest BCUT2D eigenvalue weighted by Crippen LogP contribution is 2.22. The number of hydrogen-bond donors (Lipinski definition) is 0. The van der Waals surface area contributed by atoms with E-state index < -0.39 is 5.82 Å². The Morgan fingerprint density at radius 1 is 1.38 bits per heavy atom. The van der Waals surface area contributed by atoms with Crippen molar-refractivity contribution in [2.45, 2.75) is 20.3 Å². The molecule has 0 radical (unpaired) electrons. The van der Waals surface area contributed by atoms with E-state index in [4.69, 9.17) is 0 Å². The number of benzene rings is 1. The third-order valence-electron chi connectivity index (χ3n) is 2.87. The van der Waals surface area contributed by atoms with Crippen molar-refractivity contribution in [3.8, 4) is 0 Å². The molecule has 0 aromatic heterocycles. The second kappa shape index (κ2) is 8.12. The second-order valence-corrected chi connectivity index (χ2v) is 5.87. The molecule has 0 bridgehead atoms. The fourth-order valence-corrected chi connectivity index (χ4v) is 2.32. The van der Waals surface area contributed by atoms with Crippen molar-refractivity contribution in [2.24, 2.45) is 5.92 Å². The number of halogens is 2. The van der Waals surface area contributed by atoms with E-state index in [0.29, 0.717) is 6.54 Å². The summed E-state index contributed by atoms with van der Waals surface area (Å²) in [4.78, 5) is 25.3. The predicted molar refractivity (Wildman–Crippen MR) is 81.5 cm³/mol. The van der Waals surface area contributed by atoms with Gasteiger partial charge in [-0.3, -0.25) is 9.59 Å². The average molecular weight is 360 g/mol. The highest BCUT2D eigenvalue weighted by atomic mass is 79.9. The Morgan fingerprint density at radius 2 is 2.05 bits per heavy atom. The SMILES string of the molecule is COC(=O)CCN(CC(C)C)C(=O)c1cccc(F)c1Br. The van der Waals surface area contributed by atoms with Gasteiger partial charge in [0.2, 0.25) is 0 Å². The molecule has 0 aliphatic heterocycles. The Hall–Kier alpha value is -1.43. The zero-order chi connectivity index (χ0) is 16.0. The number of nitrogens with zero attached hydrogens (tertiary/aromatic N) is 1. The molecule has 0 saturated heterocycles. The van der Waals surface area contributed by atoms with Crippen LogP contribution in [0.5, 0.6) is 0 Å². The van der Waals surface area contributed by atoms with E-state index >= 15 is 0 Å². The number of amides is 1. The predicted octanol–water partition coefficient (Wildman–Crippen LogP) is 3.25. The maximum atomic E-state index is 13.5. The maximum absolute atomic E-state index is 13.5. The molecule has 1 rings (SSSR count). The van der Waals surface area contributed by atoms with Gasteiger partial charge in [-0.15, -0.1) is 0 Å². The Labute approximate surface area is 132 Å². The molecule has 0 aliphatic carbocycles. The molecule has 0 heterocycles. The summed E-state index contributed by atoms with van der Waals surface area (Å²) in [5, 5.41) is 0. The zero-order valence-corrected chi connectivity index (χ0v) is 13.9. The average Bonchev–Trinajstić information content (AvgIpc) is 2.44. The quantitative estimate of drug-likeness (QED) is 0.732. The first kappa shape index (κ1) is 17.6. The van der Waals surface area contributed by atoms with Crippen LogP contribution in [0.15, 0.2) is 22.7 Å². The summed E-state index contributed by atoms with van der Waals surface area (Å²) in [7, 11) is 1.31. The van der Waals surface area contributed by atoms with Crippen LogP contribution in [0.4, 0.5) is 4.39 Å². The Bertz CT molecular complexity index is 520. The standard InChI is InChI=1S/C15H19BrFNO3/c1-10(2)9-18(8-7-13(19)21-3)15(20)11-5-4-6-12(17)14(11)16/h4-6,10H,7-9H2,1-3H3. The molecule has 6 heteroatoms. The molecule has 0 unspecified atom stereocenters. The summed E-state index contributed by atoms with van der Waals surface area (Å²) < 4.78 is 18.3. The van der Waals surface area contributed by atoms with Gasteiger partial charge in [0.15, 0.2) is 0 Å². The van der Waals surface area contributed by atoms with Crippen molar-refractivity contribution < 1.29 is 18.7 Å². The topological polar surface area (TPSA) is 46.6 Å². The molecule has 21 heavy (non-hydrogen) atoms. The van der Waals surface area contributed by atoms with Gasteiger partial charge in [0, 0.05) is 13.1 Å². The maximum Gasteiger partial charge on any atom is 0.307 e. The van der Waals surface area contributed by atoms with E-state index in [1.54, 1.807) is 11.0 Å². The third-order valence-corrected chi connectivity index (χ3v) is 3.67. The molecule has 4 nitrogen and oxygen atoms in total. The van der Waals surface area contributed by atoms with E-state index in [1.807, 2.05) is 13.8 Å². The van der Waals surface area contributed by atoms with Crippen LogP contribution in [0.3, 0.4) is 0 Å². The van der Waals surface area contributed by atoms with Gasteiger partial charge in [-0.2, -0.15) is 0 Å². The summed E-state index contributed by atoms with van der Waals surface area (Å²) in [5.41, 5.74) is 0.250. The molecule has 0 aliphatic rings. The van der Waals surface area contributed by atoms with Crippen LogP contribution >= 0.6 is 15.9 Å². The van der Waals surface area contributed by atoms with Crippen molar-refractivity contribution in [2.75, 3.05) is 20.2 Å². The molecule has 0 N–H and O–H groups in total. The molecule has 1 aromatic carbocycles. The molecule has 1 amide bonds. The molecule has 1 aromatic rings. The largest absolute Gasteiger partial charge is 0.469 e. The van der Waals surface area contributed by atoms with E-state index in [9.17, 15) is 14.0 Å². The van der Waals surface area contributed by atoms with Crippen LogP contribution in [-0.2, 0) is 9.53 Å². The van der Waals surface area contributed by atoms with Crippen LogP contribution in [-0.4, -0.2) is 37.0 Å². The summed E-state index contributed by atoms with van der Waals surface area (Å²) in [6, 6.07) is 4.32. The highest BCUT2D eigenvalue weighted by Gasteiger charge is 2.21. The van der Waals surface area contributed by atoms with E-state index in [0.717, 1.165) is 0 Å². The summed E-state index contributed by atoms with van der Waals surface area (Å²) in [6.45, 7) is 4.67. The summed E-state index contributed by atoms with van der Waals surface area (Å²) >= 11 is 3.09. The number of carbonyl (C=O) groups excluding carboxylic acids is 2. The molecular weight excluding hydrogens is 341 g/mol. The third kappa shape index (κ3) is 5.12. The number of carbonyl (C=O) groups is 2. The fraction of sp³-hybridized carbons (Fsp3) is 0.467. The number of methoxy groups -OCH3 is 1. The first-order valence-electron chi connectivity index (χ1n) is 6.67. The van der Waals surface area contributed by atoms with Crippen LogP contribution in [0.1, 0.15) is 30.6 Å². The van der Waals surface area contributed by atoms with Crippen molar-refractivity contribution in [1.29, 1.82) is 0 Å². The lowest BCUT2D eigenvalue weighted by atomic mass is 10.1. The highest BCUT2D eigenvalue weighted by molar-refractivity contribution is 9.10. The minimum Gasteiger partial charge on any atom is -0.469 e. The fourth-order valence-electron chi connectivity index (χ4n) is 1.88. The van der Waals surface area contributed by atoms with Crippen LogP contribution in [0, 0.1) is 11.7 Å². The minimum absolute atomic E-state index is 0.113. The lowest BCUT2D eigenvalue weighted by Crippen LogP contribution is -2.36. The van der Waals surface area contributed by atoms with Gasteiger partial charge in [-0.05, 0) is 34.0 Å². The number of rotatable bonds is 6. The molecule has 0 spiro atoms. The van der Waals surface area contributed by atoms with Gasteiger partial charge >= 0.3 is 5.97 Å². The monoisotopic (exact) mass is 359 g/mol. The van der Waals surface area contributed by atoms with Gasteiger partial charge in [0.05, 0.1) is 23.6 Å². The van der Waals surface area contributed by atoms with Crippen molar-refractivity contribution in [3.63, 3.8) is 0 Å². The van der Waals surface area contributed by atoms with Crippen LogP contribution in [0.25, 0.3) is 0 Å². The molecular formula is C15H19BrFNO3. The molecule has 116 valence electrons. The van der Waals surface area contributed by atoms with Gasteiger partial charge in [-0.1, -0.05) is 19.9 Å². The Kier molecular flexibility index (Phi) is 6.81. The van der Waals surface area contributed by atoms with Crippen molar-refractivity contribution in [1.82, 2.24) is 4.90 Å². The van der Waals surface area contributed by atoms with Gasteiger partial charge in [-0.25, -0.2) is 4.39 Å². The Balaban J connectivity index is 2.93. The number of esters is 1. The van der Waals surface area contributed by atoms with Gasteiger partial charge in [0.25, 0.3) is 5.91 Å². The second-order valence-electron chi connectivity index (χ2n) is 5.07. The lowest BCUT2D eigenvalue weighted by Gasteiger charge is -2.24. The summed E-state index contributed by atoms with van der Waals surface area (Å²) in [6.07, 6.45) is 0.113. The van der Waals surface area contributed by atoms with Crippen LogP contribution in [0.2, 0.25) is 0 Å². The number of hydrogen-bond acceptors (Lipinski definition) is 3. The smallest absolute Gasteiger partial charge is 0.307 e. The first-order chi connectivity index (χ1) is 9.86. The van der Waals surface area contributed by atoms with E-state index in [2.05, 4.69) is 20.7 Å². The Morgan fingerprint density at radius 3 is 2.62 bits per heavy atom. The first-order valence-corrected chi connectivity index (χ1v) is 7.46. The molecule has 0 saturated carbocycles. The van der Waals surface area contributed by atoms with Crippen LogP contribution < -0.4 is 0 Å². The van der Waals surface area contributed by atoms with Crippen molar-refractivity contribution in [3.05, 3.63) is 34.1 Å². The normalized spacial score (nSPS) is 10.6. The summed E-state index contributed by atoms with van der Waals surface area (Å²) in [5.74, 6) is -0.939. The molecule has 0 fully saturated rings. The lowest BCUT2D eigenvalue weighted by molar-refractivity contribution is -0.140.